The molecule has 19 heavy (non-hydrogen) atoms. The number of benzene rings is 1. The molecule has 0 saturated heterocycles. The van der Waals surface area contributed by atoms with Gasteiger partial charge >= 0.3 is 5.97 Å². The van der Waals surface area contributed by atoms with Crippen LogP contribution >= 0.6 is 0 Å². The number of esters is 1. The van der Waals surface area contributed by atoms with Crippen molar-refractivity contribution < 1.29 is 9.53 Å². The van der Waals surface area contributed by atoms with Gasteiger partial charge in [-0.05, 0) is 36.6 Å². The highest BCUT2D eigenvalue weighted by Crippen LogP contribution is 2.15. The Labute approximate surface area is 116 Å². The van der Waals surface area contributed by atoms with Gasteiger partial charge in [-0.15, -0.1) is 0 Å². The van der Waals surface area contributed by atoms with Crippen molar-refractivity contribution in [3.8, 4) is 0 Å². The van der Waals surface area contributed by atoms with Crippen LogP contribution in [-0.4, -0.2) is 12.6 Å². The smallest absolute Gasteiger partial charge is 0.338 e. The zero-order valence-corrected chi connectivity index (χ0v) is 12.0. The maximum atomic E-state index is 11.8. The van der Waals surface area contributed by atoms with Gasteiger partial charge in [0.25, 0.3) is 0 Å². The number of rotatable bonds is 8. The van der Waals surface area contributed by atoms with Crippen molar-refractivity contribution in [1.29, 1.82) is 0 Å². The Morgan fingerprint density at radius 2 is 1.89 bits per heavy atom. The Morgan fingerprint density at radius 3 is 2.47 bits per heavy atom. The molecule has 0 aliphatic carbocycles. The van der Waals surface area contributed by atoms with Crippen molar-refractivity contribution in [3.05, 3.63) is 29.8 Å². The lowest BCUT2D eigenvalue weighted by molar-refractivity contribution is 0.0428. The molecule has 1 aromatic carbocycles. The molecular weight excluding hydrogens is 238 g/mol. The van der Waals surface area contributed by atoms with Gasteiger partial charge in [-0.3, -0.25) is 0 Å². The Bertz CT molecular complexity index is 373. The number of nitrogens with two attached hydrogens (primary N) is 1. The summed E-state index contributed by atoms with van der Waals surface area (Å²) in [6, 6.07) is 6.84. The first-order valence-corrected chi connectivity index (χ1v) is 7.20. The molecular formula is C16H25NO2. The molecule has 1 atom stereocenters. The minimum Gasteiger partial charge on any atom is -0.462 e. The third-order valence-corrected chi connectivity index (χ3v) is 3.39. The zero-order chi connectivity index (χ0) is 14.1. The largest absolute Gasteiger partial charge is 0.462 e. The number of carbonyl (C=O) groups excluding carboxylic acids is 1. The quantitative estimate of drug-likeness (QED) is 0.437. The van der Waals surface area contributed by atoms with Gasteiger partial charge in [-0.2, -0.15) is 0 Å². The lowest BCUT2D eigenvalue weighted by Gasteiger charge is -2.14. The molecule has 1 aromatic rings. The van der Waals surface area contributed by atoms with E-state index in [-0.39, 0.29) is 5.97 Å². The third kappa shape index (κ3) is 5.77. The molecule has 1 rings (SSSR count). The Morgan fingerprint density at radius 1 is 1.21 bits per heavy atom. The van der Waals surface area contributed by atoms with Gasteiger partial charge in [0.2, 0.25) is 0 Å². The second-order valence-electron chi connectivity index (χ2n) is 4.99. The fourth-order valence-corrected chi connectivity index (χ4v) is 1.98. The summed E-state index contributed by atoms with van der Waals surface area (Å²) in [7, 11) is 0. The maximum absolute atomic E-state index is 11.8. The van der Waals surface area contributed by atoms with Crippen LogP contribution in [0.5, 0.6) is 0 Å². The number of anilines is 1. The minimum absolute atomic E-state index is 0.256. The van der Waals surface area contributed by atoms with E-state index in [9.17, 15) is 4.79 Å². The average molecular weight is 263 g/mol. The van der Waals surface area contributed by atoms with Crippen LogP contribution in [0.4, 0.5) is 5.69 Å². The lowest BCUT2D eigenvalue weighted by Crippen LogP contribution is -2.14. The molecule has 0 heterocycles. The first-order chi connectivity index (χ1) is 9.17. The molecule has 3 nitrogen and oxygen atoms in total. The fraction of sp³-hybridized carbons (Fsp3) is 0.562. The molecule has 0 bridgehead atoms. The normalized spacial score (nSPS) is 12.1. The predicted molar refractivity (Wildman–Crippen MR) is 79.1 cm³/mol. The topological polar surface area (TPSA) is 52.3 Å². The predicted octanol–water partition coefficient (Wildman–Crippen LogP) is 4.03. The molecule has 0 aliphatic rings. The van der Waals surface area contributed by atoms with Crippen molar-refractivity contribution in [1.82, 2.24) is 0 Å². The molecule has 0 saturated carbocycles. The van der Waals surface area contributed by atoms with Gasteiger partial charge in [0.15, 0.2) is 0 Å². The number of hydrogen-bond donors (Lipinski definition) is 1. The molecule has 0 fully saturated rings. The van der Waals surface area contributed by atoms with Gasteiger partial charge in [-0.25, -0.2) is 4.79 Å². The van der Waals surface area contributed by atoms with Crippen LogP contribution in [0.2, 0.25) is 0 Å². The molecule has 0 aliphatic heterocycles. The molecule has 3 heteroatoms. The Kier molecular flexibility index (Phi) is 7.01. The standard InChI is InChI=1S/C16H25NO2/c1-3-5-6-7-13(4-2)12-19-16(18)14-8-10-15(17)11-9-14/h8-11,13H,3-7,12,17H2,1-2H3. The van der Waals surface area contributed by atoms with E-state index in [0.29, 0.717) is 23.8 Å². The summed E-state index contributed by atoms with van der Waals surface area (Å²) in [4.78, 5) is 11.8. The SMILES string of the molecule is CCCCCC(CC)COC(=O)c1ccc(N)cc1. The van der Waals surface area contributed by atoms with Crippen LogP contribution in [0.1, 0.15) is 56.3 Å². The van der Waals surface area contributed by atoms with E-state index < -0.39 is 0 Å². The summed E-state index contributed by atoms with van der Waals surface area (Å²) >= 11 is 0. The van der Waals surface area contributed by atoms with E-state index in [2.05, 4.69) is 13.8 Å². The molecule has 0 aromatic heterocycles. The monoisotopic (exact) mass is 263 g/mol. The molecule has 0 radical (unpaired) electrons. The Hall–Kier alpha value is -1.51. The lowest BCUT2D eigenvalue weighted by atomic mass is 10.00. The van der Waals surface area contributed by atoms with Crippen molar-refractivity contribution in [2.75, 3.05) is 12.3 Å². The van der Waals surface area contributed by atoms with Crippen molar-refractivity contribution in [2.24, 2.45) is 5.92 Å². The third-order valence-electron chi connectivity index (χ3n) is 3.39. The van der Waals surface area contributed by atoms with Crippen LogP contribution < -0.4 is 5.73 Å². The van der Waals surface area contributed by atoms with Crippen molar-refractivity contribution in [2.45, 2.75) is 46.0 Å². The number of nitrogen functional groups attached to an aromatic ring is 1. The van der Waals surface area contributed by atoms with E-state index in [4.69, 9.17) is 10.5 Å². The van der Waals surface area contributed by atoms with Crippen LogP contribution in [0.3, 0.4) is 0 Å². The van der Waals surface area contributed by atoms with Gasteiger partial charge in [-0.1, -0.05) is 39.5 Å². The van der Waals surface area contributed by atoms with Gasteiger partial charge in [0, 0.05) is 5.69 Å². The van der Waals surface area contributed by atoms with Crippen LogP contribution in [-0.2, 0) is 4.74 Å². The fourth-order valence-electron chi connectivity index (χ4n) is 1.98. The summed E-state index contributed by atoms with van der Waals surface area (Å²) in [5.74, 6) is 0.221. The molecule has 0 spiro atoms. The number of ether oxygens (including phenoxy) is 1. The van der Waals surface area contributed by atoms with Gasteiger partial charge < -0.3 is 10.5 Å². The maximum Gasteiger partial charge on any atom is 0.338 e. The summed E-state index contributed by atoms with van der Waals surface area (Å²) in [5, 5.41) is 0. The molecule has 2 N–H and O–H groups in total. The number of carbonyl (C=O) groups is 1. The van der Waals surface area contributed by atoms with Crippen molar-refractivity contribution >= 4 is 11.7 Å². The van der Waals surface area contributed by atoms with E-state index in [0.717, 1.165) is 12.8 Å². The van der Waals surface area contributed by atoms with E-state index in [1.165, 1.54) is 19.3 Å². The van der Waals surface area contributed by atoms with Crippen molar-refractivity contribution in [3.63, 3.8) is 0 Å². The van der Waals surface area contributed by atoms with Gasteiger partial charge in [0.1, 0.15) is 0 Å². The van der Waals surface area contributed by atoms with E-state index in [1.807, 2.05) is 0 Å². The zero-order valence-electron chi connectivity index (χ0n) is 12.0. The summed E-state index contributed by atoms with van der Waals surface area (Å²) in [6.07, 6.45) is 5.89. The second kappa shape index (κ2) is 8.57. The average Bonchev–Trinajstić information content (AvgIpc) is 2.43. The molecule has 1 unspecified atom stereocenters. The van der Waals surface area contributed by atoms with Crippen LogP contribution in [0.25, 0.3) is 0 Å². The van der Waals surface area contributed by atoms with Crippen LogP contribution in [0.15, 0.2) is 24.3 Å². The first-order valence-electron chi connectivity index (χ1n) is 7.20. The van der Waals surface area contributed by atoms with E-state index >= 15 is 0 Å². The van der Waals surface area contributed by atoms with E-state index in [1.54, 1.807) is 24.3 Å². The summed E-state index contributed by atoms with van der Waals surface area (Å²) in [6.45, 7) is 4.86. The minimum atomic E-state index is -0.256. The summed E-state index contributed by atoms with van der Waals surface area (Å²) in [5.41, 5.74) is 6.81. The number of hydrogen-bond acceptors (Lipinski definition) is 3. The van der Waals surface area contributed by atoms with Crippen LogP contribution in [0, 0.1) is 5.92 Å². The molecule has 0 amide bonds. The Balaban J connectivity index is 2.37. The highest BCUT2D eigenvalue weighted by atomic mass is 16.5. The second-order valence-corrected chi connectivity index (χ2v) is 4.99. The summed E-state index contributed by atoms with van der Waals surface area (Å²) < 4.78 is 5.37. The highest BCUT2D eigenvalue weighted by Gasteiger charge is 2.11. The first kappa shape index (κ1) is 15.5. The highest BCUT2D eigenvalue weighted by molar-refractivity contribution is 5.89. The van der Waals surface area contributed by atoms with Gasteiger partial charge in [0.05, 0.1) is 12.2 Å². The number of unbranched alkanes of at least 4 members (excludes halogenated alkanes) is 2. The molecule has 106 valence electrons.